The number of benzene rings is 1. The maximum absolute atomic E-state index is 13.1. The van der Waals surface area contributed by atoms with Gasteiger partial charge in [0.1, 0.15) is 5.69 Å². The third-order valence-corrected chi connectivity index (χ3v) is 6.26. The topological polar surface area (TPSA) is 103 Å². The van der Waals surface area contributed by atoms with E-state index in [4.69, 9.17) is 5.26 Å². The number of ketones is 1. The van der Waals surface area contributed by atoms with Crippen molar-refractivity contribution in [2.24, 2.45) is 0 Å². The summed E-state index contributed by atoms with van der Waals surface area (Å²) in [4.78, 5) is 30.4. The van der Waals surface area contributed by atoms with E-state index in [2.05, 4.69) is 10.3 Å². The first kappa shape index (κ1) is 21.7. The molecular weight excluding hydrogens is 445 g/mol. The van der Waals surface area contributed by atoms with E-state index in [1.165, 1.54) is 30.5 Å². The largest absolute Gasteiger partial charge is 0.433 e. The lowest BCUT2D eigenvalue weighted by Gasteiger charge is -2.35. The number of carbonyl (C=O) groups excluding carboxylic acids is 2. The molecule has 2 amide bonds. The molecule has 2 aromatic rings. The number of carbonyl (C=O) groups is 2. The van der Waals surface area contributed by atoms with E-state index in [1.807, 2.05) is 6.07 Å². The Morgan fingerprint density at radius 2 is 1.97 bits per heavy atom. The lowest BCUT2D eigenvalue weighted by Crippen LogP contribution is -2.47. The predicted molar refractivity (Wildman–Crippen MR) is 108 cm³/mol. The Morgan fingerprint density at radius 3 is 2.62 bits per heavy atom. The number of hydrogen-bond acceptors (Lipinski definition) is 5. The second kappa shape index (κ2) is 7.87. The monoisotopic (exact) mass is 460 g/mol. The second-order valence-electron chi connectivity index (χ2n) is 7.22. The van der Waals surface area contributed by atoms with Crippen molar-refractivity contribution in [1.29, 1.82) is 5.26 Å². The van der Waals surface area contributed by atoms with Gasteiger partial charge in [-0.05, 0) is 36.2 Å². The summed E-state index contributed by atoms with van der Waals surface area (Å²) in [6, 6.07) is 6.76. The molecule has 32 heavy (non-hydrogen) atoms. The first-order valence-electron chi connectivity index (χ1n) is 9.39. The summed E-state index contributed by atoms with van der Waals surface area (Å²) in [7, 11) is -1.53. The number of amides is 2. The number of aromatic nitrogens is 1. The van der Waals surface area contributed by atoms with Crippen LogP contribution in [-0.4, -0.2) is 27.3 Å². The van der Waals surface area contributed by atoms with Gasteiger partial charge in [-0.2, -0.15) is 18.4 Å². The van der Waals surface area contributed by atoms with Crippen molar-refractivity contribution < 1.29 is 27.0 Å². The number of halogens is 3. The van der Waals surface area contributed by atoms with Crippen LogP contribution in [0.15, 0.2) is 52.7 Å². The number of Topliss-reactive ketones (excluding diaryl/α,β-unsaturated/α-hetero) is 1. The molecule has 7 nitrogen and oxygen atoms in total. The molecule has 2 atom stereocenters. The molecule has 11 heteroatoms. The molecule has 0 saturated heterocycles. The number of alkyl halides is 3. The van der Waals surface area contributed by atoms with E-state index in [0.717, 1.165) is 17.2 Å². The van der Waals surface area contributed by atoms with E-state index >= 15 is 0 Å². The molecule has 0 bridgehead atoms. The fourth-order valence-electron chi connectivity index (χ4n) is 3.92. The Morgan fingerprint density at radius 1 is 1.22 bits per heavy atom. The smallest absolute Gasteiger partial charge is 0.326 e. The van der Waals surface area contributed by atoms with Crippen LogP contribution >= 0.6 is 0 Å². The van der Waals surface area contributed by atoms with Crippen LogP contribution in [0.3, 0.4) is 0 Å². The molecule has 2 unspecified atom stereocenters. The van der Waals surface area contributed by atoms with Crippen LogP contribution in [0, 0.1) is 11.3 Å². The first-order chi connectivity index (χ1) is 15.1. The van der Waals surface area contributed by atoms with Crippen LogP contribution in [0.1, 0.15) is 35.7 Å². The van der Waals surface area contributed by atoms with Crippen LogP contribution in [0.2, 0.25) is 0 Å². The van der Waals surface area contributed by atoms with Gasteiger partial charge < -0.3 is 5.32 Å². The molecule has 0 spiro atoms. The molecule has 164 valence electrons. The summed E-state index contributed by atoms with van der Waals surface area (Å²) in [6.45, 7) is 0. The normalized spacial score (nSPS) is 19.5. The van der Waals surface area contributed by atoms with Crippen LogP contribution in [-0.2, 0) is 21.8 Å². The van der Waals surface area contributed by atoms with Gasteiger partial charge in [-0.15, -0.1) is 0 Å². The van der Waals surface area contributed by atoms with Crippen LogP contribution < -0.4 is 10.2 Å². The van der Waals surface area contributed by atoms with Crippen molar-refractivity contribution in [2.75, 3.05) is 11.2 Å². The summed E-state index contributed by atoms with van der Waals surface area (Å²) in [5.74, 6) is -0.266. The minimum absolute atomic E-state index is 0.0652. The van der Waals surface area contributed by atoms with Crippen LogP contribution in [0.25, 0.3) is 0 Å². The van der Waals surface area contributed by atoms with Gasteiger partial charge in [-0.1, -0.05) is 6.07 Å². The highest BCUT2D eigenvalue weighted by Gasteiger charge is 2.42. The maximum Gasteiger partial charge on any atom is 0.433 e. The van der Waals surface area contributed by atoms with Gasteiger partial charge in [0.25, 0.3) is 0 Å². The van der Waals surface area contributed by atoms with Crippen molar-refractivity contribution >= 4 is 28.3 Å². The Labute approximate surface area is 183 Å². The minimum atomic E-state index is -4.70. The van der Waals surface area contributed by atoms with Gasteiger partial charge >= 0.3 is 12.2 Å². The second-order valence-corrected chi connectivity index (χ2v) is 8.57. The summed E-state index contributed by atoms with van der Waals surface area (Å²) in [5, 5.41) is 11.8. The molecule has 1 aliphatic carbocycles. The van der Waals surface area contributed by atoms with Crippen molar-refractivity contribution in [2.45, 2.75) is 30.0 Å². The number of urea groups is 1. The van der Waals surface area contributed by atoms with E-state index in [9.17, 15) is 27.0 Å². The molecular formula is C21H15F3N4O3S. The van der Waals surface area contributed by atoms with Crippen molar-refractivity contribution in [3.8, 4) is 6.07 Å². The van der Waals surface area contributed by atoms with Gasteiger partial charge in [0, 0.05) is 35.0 Å². The fraction of sp³-hybridized carbons (Fsp3) is 0.238. The number of pyridine rings is 1. The molecule has 1 N–H and O–H groups in total. The highest BCUT2D eigenvalue weighted by Crippen LogP contribution is 2.42. The number of rotatable bonds is 3. The molecule has 0 fully saturated rings. The number of anilines is 1. The molecule has 2 aliphatic rings. The lowest BCUT2D eigenvalue weighted by molar-refractivity contribution is -0.141. The molecule has 4 rings (SSSR count). The molecule has 1 aromatic heterocycles. The third-order valence-electron chi connectivity index (χ3n) is 5.29. The minimum Gasteiger partial charge on any atom is -0.326 e. The van der Waals surface area contributed by atoms with Gasteiger partial charge in [0.15, 0.2) is 5.78 Å². The van der Waals surface area contributed by atoms with Crippen LogP contribution in [0.4, 0.5) is 23.7 Å². The SMILES string of the molecule is CS(=O)c1cc(C#N)ccc1C1NC(=O)N(c2ccnc(C(F)(F)F)c2)C2=C1C(=O)CC2. The van der Waals surface area contributed by atoms with Crippen molar-refractivity contribution in [3.63, 3.8) is 0 Å². The zero-order valence-corrected chi connectivity index (χ0v) is 17.4. The van der Waals surface area contributed by atoms with Gasteiger partial charge in [-0.25, -0.2) is 4.79 Å². The van der Waals surface area contributed by atoms with Crippen molar-refractivity contribution in [3.05, 3.63) is 64.6 Å². The average molecular weight is 460 g/mol. The van der Waals surface area contributed by atoms with Crippen molar-refractivity contribution in [1.82, 2.24) is 10.3 Å². The maximum atomic E-state index is 13.1. The number of nitrogens with one attached hydrogen (secondary N) is 1. The standard InChI is InChI=1S/C21H15F3N4O3S/c1-32(31)16-8-11(10-25)2-3-13(16)19-18-14(4-5-15(18)29)28(20(30)27-19)12-6-7-26-17(9-12)21(22,23)24/h2-3,6-9,19H,4-5H2,1H3,(H,27,30). The summed E-state index contributed by atoms with van der Waals surface area (Å²) >= 11 is 0. The Hall–Kier alpha value is -3.52. The van der Waals surface area contributed by atoms with Gasteiger partial charge in [0.2, 0.25) is 0 Å². The molecule has 0 saturated carbocycles. The lowest BCUT2D eigenvalue weighted by atomic mass is 9.94. The Bertz CT molecular complexity index is 1250. The number of nitriles is 1. The molecule has 1 aromatic carbocycles. The Kier molecular flexibility index (Phi) is 5.34. The molecule has 2 heterocycles. The summed E-state index contributed by atoms with van der Waals surface area (Å²) in [6.07, 6.45) is -2.07. The number of allylic oxidation sites excluding steroid dienone is 1. The van der Waals surface area contributed by atoms with E-state index in [-0.39, 0.29) is 40.3 Å². The number of nitrogens with zero attached hydrogens (tertiary/aromatic N) is 3. The van der Waals surface area contributed by atoms with Gasteiger partial charge in [-0.3, -0.25) is 18.9 Å². The first-order valence-corrected chi connectivity index (χ1v) is 10.9. The average Bonchev–Trinajstić information content (AvgIpc) is 3.13. The van der Waals surface area contributed by atoms with Gasteiger partial charge in [0.05, 0.1) is 34.2 Å². The summed E-state index contributed by atoms with van der Waals surface area (Å²) in [5.41, 5.74) is -0.0409. The molecule has 1 aliphatic heterocycles. The fourth-order valence-corrected chi connectivity index (χ4v) is 4.73. The highest BCUT2D eigenvalue weighted by atomic mass is 32.2. The number of hydrogen-bond donors (Lipinski definition) is 1. The van der Waals surface area contributed by atoms with E-state index < -0.39 is 34.7 Å². The zero-order chi connectivity index (χ0) is 23.2. The predicted octanol–water partition coefficient (Wildman–Crippen LogP) is 3.60. The van der Waals surface area contributed by atoms with E-state index in [1.54, 1.807) is 0 Å². The zero-order valence-electron chi connectivity index (χ0n) is 16.6. The molecule has 0 radical (unpaired) electrons. The van der Waals surface area contributed by atoms with Crippen LogP contribution in [0.5, 0.6) is 0 Å². The third kappa shape index (κ3) is 3.67. The highest BCUT2D eigenvalue weighted by molar-refractivity contribution is 7.84. The quantitative estimate of drug-likeness (QED) is 0.754. The van der Waals surface area contributed by atoms with E-state index in [0.29, 0.717) is 11.3 Å². The summed E-state index contributed by atoms with van der Waals surface area (Å²) < 4.78 is 51.7. The Balaban J connectivity index is 1.86.